The molecule has 0 bridgehead atoms. The van der Waals surface area contributed by atoms with Crippen LogP contribution in [-0.2, 0) is 22.9 Å². The van der Waals surface area contributed by atoms with Gasteiger partial charge in [-0.15, -0.1) is 0 Å². The molecule has 0 heterocycles. The first-order chi connectivity index (χ1) is 13.1. The first-order valence-electron chi connectivity index (χ1n) is 9.74. The smallest absolute Gasteiger partial charge is 1.00 e. The molecule has 0 spiro atoms. The van der Waals surface area contributed by atoms with E-state index in [0.717, 1.165) is 0 Å². The maximum atomic E-state index is 2.32. The van der Waals surface area contributed by atoms with E-state index in [-0.39, 0.29) is 24.8 Å². The van der Waals surface area contributed by atoms with E-state index in [4.69, 9.17) is 0 Å². The first kappa shape index (κ1) is 24.1. The Bertz CT molecular complexity index is 926. The van der Waals surface area contributed by atoms with E-state index in [9.17, 15) is 0 Å². The van der Waals surface area contributed by atoms with Crippen molar-refractivity contribution >= 4 is 11.1 Å². The van der Waals surface area contributed by atoms with E-state index in [2.05, 4.69) is 88.4 Å². The van der Waals surface area contributed by atoms with Crippen LogP contribution < -0.4 is 24.8 Å². The van der Waals surface area contributed by atoms with E-state index in [1.54, 1.807) is 29.0 Å². The number of hydrogen-bond acceptors (Lipinski definition) is 0. The monoisotopic (exact) mass is 588 g/mol. The Balaban J connectivity index is 0.00000150. The van der Waals surface area contributed by atoms with Gasteiger partial charge in [0.15, 0.2) is 0 Å². The van der Waals surface area contributed by atoms with Crippen molar-refractivity contribution in [2.24, 2.45) is 0 Å². The van der Waals surface area contributed by atoms with E-state index < -0.39 is 22.9 Å². The van der Waals surface area contributed by atoms with Crippen LogP contribution in [0.2, 0.25) is 0 Å². The molecule has 2 aliphatic rings. The number of benzene rings is 2. The molecular weight excluding hydrogens is 562 g/mol. The van der Waals surface area contributed by atoms with Crippen LogP contribution in [-0.4, -0.2) is 0 Å². The Morgan fingerprint density at radius 3 is 1.24 bits per heavy atom. The Morgan fingerprint density at radius 1 is 0.552 bits per heavy atom. The number of hydrogen-bond donors (Lipinski definition) is 0. The number of allylic oxidation sites excluding steroid dienone is 8. The van der Waals surface area contributed by atoms with Crippen LogP contribution in [0.1, 0.15) is 51.7 Å². The topological polar surface area (TPSA) is 0 Å². The molecule has 4 rings (SSSR count). The third-order valence-electron chi connectivity index (χ3n) is 5.94. The average Bonchev–Trinajstić information content (AvgIpc) is 3.12. The van der Waals surface area contributed by atoms with Crippen molar-refractivity contribution in [2.75, 3.05) is 0 Å². The number of halogens is 2. The minimum Gasteiger partial charge on any atom is -1.00 e. The van der Waals surface area contributed by atoms with Crippen LogP contribution in [0.15, 0.2) is 89.6 Å². The molecule has 0 amide bonds. The molecule has 0 aliphatic heterocycles. The Labute approximate surface area is 199 Å². The van der Waals surface area contributed by atoms with Gasteiger partial charge < -0.3 is 24.8 Å². The van der Waals surface area contributed by atoms with Gasteiger partial charge >= 0.3 is 175 Å². The van der Waals surface area contributed by atoms with Gasteiger partial charge in [0.1, 0.15) is 0 Å². The fourth-order valence-corrected chi connectivity index (χ4v) is 11.4. The van der Waals surface area contributed by atoms with Gasteiger partial charge in [0.25, 0.3) is 0 Å². The van der Waals surface area contributed by atoms with Crippen LogP contribution in [0.25, 0.3) is 11.1 Å². The average molecular weight is 588 g/mol. The van der Waals surface area contributed by atoms with Crippen LogP contribution in [0.4, 0.5) is 0 Å². The SMILES string of the molecule is CC1=C(C)C(c2ccccc2)=[C]([Hf+2][C]2=C(c3ccccc3)C(C)=C(C)C2)C1.[Cl-].[Cl-]. The third kappa shape index (κ3) is 4.79. The summed E-state index contributed by atoms with van der Waals surface area (Å²) >= 11 is -1.09. The minimum absolute atomic E-state index is 0. The molecule has 0 atom stereocenters. The molecule has 0 unspecified atom stereocenters. The molecule has 0 fully saturated rings. The summed E-state index contributed by atoms with van der Waals surface area (Å²) in [5, 5.41) is 0. The van der Waals surface area contributed by atoms with E-state index in [1.807, 2.05) is 0 Å². The number of rotatable bonds is 4. The van der Waals surface area contributed by atoms with Gasteiger partial charge in [-0.3, -0.25) is 0 Å². The Morgan fingerprint density at radius 2 is 0.897 bits per heavy atom. The first-order valence-corrected chi connectivity index (χ1v) is 13.3. The molecule has 0 aromatic heterocycles. The summed E-state index contributed by atoms with van der Waals surface area (Å²) in [7, 11) is 0. The second-order valence-corrected chi connectivity index (χ2v) is 13.0. The quantitative estimate of drug-likeness (QED) is 0.475. The maximum absolute atomic E-state index is 2.32. The van der Waals surface area contributed by atoms with Crippen molar-refractivity contribution in [3.8, 4) is 0 Å². The summed E-state index contributed by atoms with van der Waals surface area (Å²) < 4.78 is 3.56. The summed E-state index contributed by atoms with van der Waals surface area (Å²) in [6, 6.07) is 22.1. The Kier molecular flexibility index (Phi) is 8.52. The van der Waals surface area contributed by atoms with Crippen LogP contribution in [0.5, 0.6) is 0 Å². The molecule has 0 saturated carbocycles. The van der Waals surface area contributed by atoms with Crippen LogP contribution in [0.3, 0.4) is 0 Å². The molecule has 2 aromatic carbocycles. The summed E-state index contributed by atoms with van der Waals surface area (Å²) in [5.41, 5.74) is 12.1. The van der Waals surface area contributed by atoms with E-state index >= 15 is 0 Å². The molecular formula is C26H26Cl2Hf. The van der Waals surface area contributed by atoms with Gasteiger partial charge in [-0.1, -0.05) is 0 Å². The minimum atomic E-state index is -1.09. The molecule has 0 nitrogen and oxygen atoms in total. The van der Waals surface area contributed by atoms with Crippen molar-refractivity contribution in [2.45, 2.75) is 40.5 Å². The van der Waals surface area contributed by atoms with Gasteiger partial charge in [0.2, 0.25) is 0 Å². The molecule has 2 aromatic rings. The Hall–Kier alpha value is -1.15. The molecule has 0 saturated heterocycles. The predicted octanol–water partition coefficient (Wildman–Crippen LogP) is 1.38. The van der Waals surface area contributed by atoms with E-state index in [0.29, 0.717) is 0 Å². The molecule has 148 valence electrons. The maximum Gasteiger partial charge on any atom is -1.00 e. The molecule has 29 heavy (non-hydrogen) atoms. The summed E-state index contributed by atoms with van der Waals surface area (Å²) in [5.74, 6) is 0. The van der Waals surface area contributed by atoms with Crippen LogP contribution in [0, 0.1) is 0 Å². The normalized spacial score (nSPS) is 16.1. The van der Waals surface area contributed by atoms with Crippen molar-refractivity contribution in [3.63, 3.8) is 0 Å². The van der Waals surface area contributed by atoms with E-state index in [1.165, 1.54) is 35.1 Å². The fourth-order valence-electron chi connectivity index (χ4n) is 4.24. The second kappa shape index (κ2) is 10.2. The molecule has 2 aliphatic carbocycles. The summed E-state index contributed by atoms with van der Waals surface area (Å²) in [6.45, 7) is 9.29. The van der Waals surface area contributed by atoms with Crippen molar-refractivity contribution in [1.82, 2.24) is 0 Å². The summed E-state index contributed by atoms with van der Waals surface area (Å²) in [4.78, 5) is 0. The van der Waals surface area contributed by atoms with Gasteiger partial charge in [-0.2, -0.15) is 0 Å². The third-order valence-corrected chi connectivity index (χ3v) is 11.2. The molecule has 0 N–H and O–H groups in total. The van der Waals surface area contributed by atoms with Gasteiger partial charge in [0, 0.05) is 0 Å². The fraction of sp³-hybridized carbons (Fsp3) is 0.231. The van der Waals surface area contributed by atoms with Crippen LogP contribution >= 0.6 is 0 Å². The zero-order valence-corrected chi connectivity index (χ0v) is 22.5. The van der Waals surface area contributed by atoms with Crippen molar-refractivity contribution < 1.29 is 47.7 Å². The van der Waals surface area contributed by atoms with Crippen molar-refractivity contribution in [1.29, 1.82) is 0 Å². The summed E-state index contributed by atoms with van der Waals surface area (Å²) in [6.07, 6.45) is 2.39. The largest absolute Gasteiger partial charge is 1.00 e. The van der Waals surface area contributed by atoms with Crippen molar-refractivity contribution in [3.05, 3.63) is 101 Å². The zero-order valence-electron chi connectivity index (χ0n) is 17.4. The zero-order chi connectivity index (χ0) is 19.0. The second-order valence-electron chi connectivity index (χ2n) is 7.73. The molecule has 0 radical (unpaired) electrons. The van der Waals surface area contributed by atoms with Gasteiger partial charge in [-0.05, 0) is 0 Å². The van der Waals surface area contributed by atoms with Gasteiger partial charge in [0.05, 0.1) is 0 Å². The molecule has 3 heteroatoms. The standard InChI is InChI=1S/2C13H13.2ClH.Hf/c2*1-10-8-9-13(11(10)2)12-6-4-3-5-7-12;;;/h2*3-7H,8H2,1-2H3;2*1H;/q;;;;+2/p-2. The predicted molar refractivity (Wildman–Crippen MR) is 113 cm³/mol. The van der Waals surface area contributed by atoms with Gasteiger partial charge in [-0.25, -0.2) is 0 Å².